The molecule has 0 amide bonds. The second-order valence-electron chi connectivity index (χ2n) is 14.0. The second kappa shape index (κ2) is 44.3. The molecule has 48 heavy (non-hydrogen) atoms. The summed E-state index contributed by atoms with van der Waals surface area (Å²) in [7, 11) is 0. The molecule has 0 saturated carbocycles. The maximum absolute atomic E-state index is 11.9. The van der Waals surface area contributed by atoms with Crippen molar-refractivity contribution in [3.63, 3.8) is 0 Å². The number of esters is 1. The number of rotatable bonds is 43. The molecule has 0 aliphatic carbocycles. The number of hydrogen-bond acceptors (Lipinski definition) is 6. The van der Waals surface area contributed by atoms with Crippen LogP contribution in [-0.2, 0) is 28.5 Å². The highest BCUT2D eigenvalue weighted by atomic mass is 16.6. The number of unbranched alkanes of at least 4 members (excludes halogenated alkanes) is 27. The minimum Gasteiger partial charge on any atom is -0.463 e. The van der Waals surface area contributed by atoms with E-state index in [-0.39, 0.29) is 5.97 Å². The highest BCUT2D eigenvalue weighted by Gasteiger charge is 2.03. The van der Waals surface area contributed by atoms with Crippen molar-refractivity contribution in [2.24, 2.45) is 0 Å². The van der Waals surface area contributed by atoms with Gasteiger partial charge < -0.3 is 23.7 Å². The molecule has 0 unspecified atom stereocenters. The summed E-state index contributed by atoms with van der Waals surface area (Å²) < 4.78 is 27.6. The predicted molar refractivity (Wildman–Crippen MR) is 204 cm³/mol. The fourth-order valence-electron chi connectivity index (χ4n) is 6.09. The molecular weight excluding hydrogens is 600 g/mol. The Kier molecular flexibility index (Phi) is 43.7. The Morgan fingerprint density at radius 2 is 0.542 bits per heavy atom. The number of carbonyl (C=O) groups excluding carboxylic acids is 1. The van der Waals surface area contributed by atoms with Gasteiger partial charge in [0, 0.05) is 13.0 Å². The standard InChI is InChI=1S/C42H84O6/c1-3-5-7-9-11-13-15-17-19-20-22-24-26-28-30-32-42(43)48-41-40-47-39-38-46-37-36-45-35-34-44-33-31-29-27-25-23-21-18-16-14-12-10-8-6-4-2/h3-41H2,1-2H3. The van der Waals surface area contributed by atoms with E-state index in [9.17, 15) is 4.79 Å². The zero-order valence-electron chi connectivity index (χ0n) is 32.5. The van der Waals surface area contributed by atoms with Gasteiger partial charge in [0.2, 0.25) is 0 Å². The van der Waals surface area contributed by atoms with E-state index in [2.05, 4.69) is 13.8 Å². The lowest BCUT2D eigenvalue weighted by Gasteiger charge is -2.08. The minimum atomic E-state index is -0.106. The van der Waals surface area contributed by atoms with Crippen LogP contribution >= 0.6 is 0 Å². The Morgan fingerprint density at radius 3 is 0.875 bits per heavy atom. The van der Waals surface area contributed by atoms with Crippen molar-refractivity contribution in [3.05, 3.63) is 0 Å². The van der Waals surface area contributed by atoms with Crippen molar-refractivity contribution in [1.29, 1.82) is 0 Å². The quantitative estimate of drug-likeness (QED) is 0.0470. The summed E-state index contributed by atoms with van der Waals surface area (Å²) in [4.78, 5) is 11.9. The van der Waals surface area contributed by atoms with E-state index in [1.54, 1.807) is 0 Å². The maximum Gasteiger partial charge on any atom is 0.305 e. The first-order valence-electron chi connectivity index (χ1n) is 21.3. The van der Waals surface area contributed by atoms with Crippen molar-refractivity contribution in [1.82, 2.24) is 0 Å². The molecule has 0 heterocycles. The molecule has 6 nitrogen and oxygen atoms in total. The highest BCUT2D eigenvalue weighted by molar-refractivity contribution is 5.69. The number of ether oxygens (including phenoxy) is 5. The smallest absolute Gasteiger partial charge is 0.305 e. The number of carbonyl (C=O) groups is 1. The third-order valence-electron chi connectivity index (χ3n) is 9.23. The molecule has 0 N–H and O–H groups in total. The van der Waals surface area contributed by atoms with Gasteiger partial charge in [0.05, 0.1) is 46.2 Å². The van der Waals surface area contributed by atoms with Gasteiger partial charge in [-0.3, -0.25) is 4.79 Å². The van der Waals surface area contributed by atoms with Crippen LogP contribution in [0.4, 0.5) is 0 Å². The van der Waals surface area contributed by atoms with Crippen molar-refractivity contribution >= 4 is 5.97 Å². The molecule has 0 fully saturated rings. The van der Waals surface area contributed by atoms with Gasteiger partial charge in [-0.1, -0.05) is 187 Å². The van der Waals surface area contributed by atoms with Crippen LogP contribution in [0.1, 0.15) is 206 Å². The molecule has 0 aliphatic heterocycles. The van der Waals surface area contributed by atoms with Crippen LogP contribution in [0.3, 0.4) is 0 Å². The SMILES string of the molecule is CCCCCCCCCCCCCCCCCC(=O)OCCOCCOCCOCCOCCCCCCCCCCCCCCCC. The van der Waals surface area contributed by atoms with Crippen LogP contribution in [0.5, 0.6) is 0 Å². The van der Waals surface area contributed by atoms with Crippen LogP contribution in [0, 0.1) is 0 Å². The predicted octanol–water partition coefficient (Wildman–Crippen LogP) is 12.3. The van der Waals surface area contributed by atoms with Crippen LogP contribution in [-0.4, -0.2) is 65.4 Å². The van der Waals surface area contributed by atoms with E-state index in [1.807, 2.05) is 0 Å². The fraction of sp³-hybridized carbons (Fsp3) is 0.976. The lowest BCUT2D eigenvalue weighted by Crippen LogP contribution is -2.14. The Labute approximate surface area is 299 Å². The first-order valence-corrected chi connectivity index (χ1v) is 21.3. The largest absolute Gasteiger partial charge is 0.463 e. The average Bonchev–Trinajstić information content (AvgIpc) is 3.09. The van der Waals surface area contributed by atoms with Crippen molar-refractivity contribution in [2.75, 3.05) is 59.5 Å². The molecule has 0 aromatic rings. The minimum absolute atomic E-state index is 0.106. The van der Waals surface area contributed by atoms with Crippen LogP contribution in [0.25, 0.3) is 0 Å². The Bertz CT molecular complexity index is 586. The third-order valence-corrected chi connectivity index (χ3v) is 9.23. The zero-order chi connectivity index (χ0) is 34.7. The normalized spacial score (nSPS) is 11.5. The summed E-state index contributed by atoms with van der Waals surface area (Å²) in [5.74, 6) is -0.106. The van der Waals surface area contributed by atoms with Gasteiger partial charge >= 0.3 is 5.97 Å². The second-order valence-corrected chi connectivity index (χ2v) is 14.0. The molecule has 0 spiro atoms. The topological polar surface area (TPSA) is 63.2 Å². The fourth-order valence-corrected chi connectivity index (χ4v) is 6.09. The lowest BCUT2D eigenvalue weighted by molar-refractivity contribution is -0.145. The van der Waals surface area contributed by atoms with Gasteiger partial charge in [-0.25, -0.2) is 0 Å². The van der Waals surface area contributed by atoms with E-state index >= 15 is 0 Å². The lowest BCUT2D eigenvalue weighted by atomic mass is 10.0. The van der Waals surface area contributed by atoms with Crippen molar-refractivity contribution in [3.8, 4) is 0 Å². The van der Waals surface area contributed by atoms with Gasteiger partial charge in [-0.2, -0.15) is 0 Å². The zero-order valence-corrected chi connectivity index (χ0v) is 32.5. The van der Waals surface area contributed by atoms with E-state index < -0.39 is 0 Å². The molecule has 0 bridgehead atoms. The van der Waals surface area contributed by atoms with Crippen molar-refractivity contribution in [2.45, 2.75) is 206 Å². The monoisotopic (exact) mass is 685 g/mol. The van der Waals surface area contributed by atoms with Crippen molar-refractivity contribution < 1.29 is 28.5 Å². The van der Waals surface area contributed by atoms with Crippen LogP contribution < -0.4 is 0 Å². The first-order chi connectivity index (χ1) is 23.8. The molecule has 288 valence electrons. The van der Waals surface area contributed by atoms with Gasteiger partial charge in [-0.05, 0) is 12.8 Å². The molecule has 0 saturated heterocycles. The van der Waals surface area contributed by atoms with Gasteiger partial charge in [0.25, 0.3) is 0 Å². The third kappa shape index (κ3) is 43.3. The average molecular weight is 685 g/mol. The summed E-state index contributed by atoms with van der Waals surface area (Å²) in [6.07, 6.45) is 39.8. The van der Waals surface area contributed by atoms with E-state index in [1.165, 1.54) is 167 Å². The molecular formula is C42H84O6. The maximum atomic E-state index is 11.9. The van der Waals surface area contributed by atoms with Crippen LogP contribution in [0.2, 0.25) is 0 Å². The Balaban J connectivity index is 3.13. The summed E-state index contributed by atoms with van der Waals surface area (Å²) in [5.41, 5.74) is 0. The molecule has 0 aliphatic rings. The van der Waals surface area contributed by atoms with Gasteiger partial charge in [-0.15, -0.1) is 0 Å². The van der Waals surface area contributed by atoms with E-state index in [4.69, 9.17) is 23.7 Å². The molecule has 0 rings (SSSR count). The number of hydrogen-bond donors (Lipinski definition) is 0. The summed E-state index contributed by atoms with van der Waals surface area (Å²) in [6.45, 7) is 9.55. The molecule has 0 aromatic heterocycles. The van der Waals surface area contributed by atoms with Crippen LogP contribution in [0.15, 0.2) is 0 Å². The molecule has 0 aromatic carbocycles. The first kappa shape index (κ1) is 47.3. The van der Waals surface area contributed by atoms with E-state index in [0.717, 1.165) is 25.9 Å². The Morgan fingerprint density at radius 1 is 0.292 bits per heavy atom. The molecule has 0 radical (unpaired) electrons. The summed E-state index contributed by atoms with van der Waals surface area (Å²) in [6, 6.07) is 0. The summed E-state index contributed by atoms with van der Waals surface area (Å²) >= 11 is 0. The highest BCUT2D eigenvalue weighted by Crippen LogP contribution is 2.15. The van der Waals surface area contributed by atoms with Gasteiger partial charge in [0.15, 0.2) is 0 Å². The molecule has 0 atom stereocenters. The molecule has 6 heteroatoms. The summed E-state index contributed by atoms with van der Waals surface area (Å²) in [5, 5.41) is 0. The Hall–Kier alpha value is -0.690. The van der Waals surface area contributed by atoms with Gasteiger partial charge in [0.1, 0.15) is 6.61 Å². The van der Waals surface area contributed by atoms with E-state index in [0.29, 0.717) is 59.3 Å².